The van der Waals surface area contributed by atoms with E-state index in [4.69, 9.17) is 0 Å². The molecule has 120 valence electrons. The van der Waals surface area contributed by atoms with Crippen molar-refractivity contribution in [3.05, 3.63) is 0 Å². The van der Waals surface area contributed by atoms with E-state index in [9.17, 15) is 14.7 Å². The standard InChI is InChI=1S/C16H28N2O3/c1-16(15(20)21)8-10-18(12-16)11-14(19)17-9-7-13-5-3-2-4-6-13/h13H,2-12H2,1H3,(H,17,19)(H,20,21). The lowest BCUT2D eigenvalue weighted by molar-refractivity contribution is -0.147. The van der Waals surface area contributed by atoms with Gasteiger partial charge < -0.3 is 10.4 Å². The van der Waals surface area contributed by atoms with Crippen molar-refractivity contribution < 1.29 is 14.7 Å². The predicted molar refractivity (Wildman–Crippen MR) is 81.0 cm³/mol. The van der Waals surface area contributed by atoms with Gasteiger partial charge in [-0.3, -0.25) is 14.5 Å². The van der Waals surface area contributed by atoms with Crippen molar-refractivity contribution in [1.29, 1.82) is 0 Å². The monoisotopic (exact) mass is 296 g/mol. The summed E-state index contributed by atoms with van der Waals surface area (Å²) in [5.74, 6) is 0.0456. The zero-order valence-corrected chi connectivity index (χ0v) is 13.1. The van der Waals surface area contributed by atoms with Crippen LogP contribution >= 0.6 is 0 Å². The van der Waals surface area contributed by atoms with Gasteiger partial charge in [-0.2, -0.15) is 0 Å². The Morgan fingerprint density at radius 3 is 2.62 bits per heavy atom. The van der Waals surface area contributed by atoms with E-state index in [-0.39, 0.29) is 5.91 Å². The quantitative estimate of drug-likeness (QED) is 0.785. The second-order valence-electron chi connectivity index (χ2n) is 6.97. The maximum absolute atomic E-state index is 11.9. The second kappa shape index (κ2) is 7.25. The maximum atomic E-state index is 11.9. The number of aliphatic carboxylic acids is 1. The highest BCUT2D eigenvalue weighted by atomic mass is 16.4. The van der Waals surface area contributed by atoms with Gasteiger partial charge in [0.25, 0.3) is 0 Å². The molecule has 1 aliphatic carbocycles. The zero-order valence-electron chi connectivity index (χ0n) is 13.1. The van der Waals surface area contributed by atoms with E-state index in [0.717, 1.165) is 18.9 Å². The summed E-state index contributed by atoms with van der Waals surface area (Å²) in [6.45, 7) is 4.01. The van der Waals surface area contributed by atoms with Crippen molar-refractivity contribution >= 4 is 11.9 Å². The molecule has 1 saturated heterocycles. The van der Waals surface area contributed by atoms with Gasteiger partial charge in [-0.15, -0.1) is 0 Å². The Morgan fingerprint density at radius 2 is 2.00 bits per heavy atom. The molecular formula is C16H28N2O3. The number of amides is 1. The smallest absolute Gasteiger partial charge is 0.310 e. The van der Waals surface area contributed by atoms with Crippen LogP contribution in [0.3, 0.4) is 0 Å². The Bertz CT molecular complexity index is 380. The molecule has 1 unspecified atom stereocenters. The van der Waals surface area contributed by atoms with Gasteiger partial charge in [0.2, 0.25) is 5.91 Å². The molecule has 5 nitrogen and oxygen atoms in total. The van der Waals surface area contributed by atoms with Gasteiger partial charge >= 0.3 is 5.97 Å². The lowest BCUT2D eigenvalue weighted by Gasteiger charge is -2.22. The summed E-state index contributed by atoms with van der Waals surface area (Å²) in [6, 6.07) is 0. The van der Waals surface area contributed by atoms with Gasteiger partial charge in [0.1, 0.15) is 0 Å². The molecule has 0 aromatic rings. The zero-order chi connectivity index (χ0) is 15.3. The van der Waals surface area contributed by atoms with Crippen LogP contribution in [0.1, 0.15) is 51.9 Å². The number of carbonyl (C=O) groups is 2. The fourth-order valence-electron chi connectivity index (χ4n) is 3.52. The number of rotatable bonds is 6. The normalized spacial score (nSPS) is 27.7. The lowest BCUT2D eigenvalue weighted by atomic mass is 9.87. The third kappa shape index (κ3) is 4.70. The van der Waals surface area contributed by atoms with E-state index in [0.29, 0.717) is 26.1 Å². The molecule has 5 heteroatoms. The molecule has 2 N–H and O–H groups in total. The topological polar surface area (TPSA) is 69.6 Å². The number of nitrogens with zero attached hydrogens (tertiary/aromatic N) is 1. The summed E-state index contributed by atoms with van der Waals surface area (Å²) < 4.78 is 0. The van der Waals surface area contributed by atoms with E-state index in [1.807, 2.05) is 4.90 Å². The Morgan fingerprint density at radius 1 is 1.29 bits per heavy atom. The van der Waals surface area contributed by atoms with Gasteiger partial charge in [0, 0.05) is 13.1 Å². The van der Waals surface area contributed by atoms with Crippen molar-refractivity contribution in [2.75, 3.05) is 26.2 Å². The van der Waals surface area contributed by atoms with E-state index >= 15 is 0 Å². The average Bonchev–Trinajstić information content (AvgIpc) is 2.83. The molecule has 1 atom stereocenters. The number of hydrogen-bond donors (Lipinski definition) is 2. The van der Waals surface area contributed by atoms with Gasteiger partial charge in [-0.25, -0.2) is 0 Å². The Hall–Kier alpha value is -1.10. The van der Waals surface area contributed by atoms with Crippen molar-refractivity contribution in [2.24, 2.45) is 11.3 Å². The molecule has 1 aliphatic heterocycles. The summed E-state index contributed by atoms with van der Waals surface area (Å²) in [5, 5.41) is 12.2. The third-order valence-corrected chi connectivity index (χ3v) is 5.04. The fraction of sp³-hybridized carbons (Fsp3) is 0.875. The van der Waals surface area contributed by atoms with E-state index < -0.39 is 11.4 Å². The molecule has 1 heterocycles. The number of carbonyl (C=O) groups excluding carboxylic acids is 1. The summed E-state index contributed by atoms with van der Waals surface area (Å²) in [4.78, 5) is 25.0. The van der Waals surface area contributed by atoms with Crippen molar-refractivity contribution in [2.45, 2.75) is 51.9 Å². The number of carboxylic acids is 1. The summed E-state index contributed by atoms with van der Waals surface area (Å²) in [7, 11) is 0. The first-order chi connectivity index (χ1) is 9.99. The molecule has 0 aromatic heterocycles. The molecule has 21 heavy (non-hydrogen) atoms. The molecular weight excluding hydrogens is 268 g/mol. The number of carboxylic acid groups (broad SMARTS) is 1. The van der Waals surface area contributed by atoms with Gasteiger partial charge in [-0.1, -0.05) is 32.1 Å². The highest BCUT2D eigenvalue weighted by Gasteiger charge is 2.40. The molecule has 0 aromatic carbocycles. The van der Waals surface area contributed by atoms with Crippen molar-refractivity contribution in [1.82, 2.24) is 10.2 Å². The van der Waals surface area contributed by atoms with Crippen LogP contribution in [0.2, 0.25) is 0 Å². The number of likely N-dealkylation sites (tertiary alicyclic amines) is 1. The first-order valence-electron chi connectivity index (χ1n) is 8.22. The van der Waals surface area contributed by atoms with Crippen LogP contribution in [-0.4, -0.2) is 48.1 Å². The summed E-state index contributed by atoms with van der Waals surface area (Å²) in [6.07, 6.45) is 8.34. The molecule has 0 radical (unpaired) electrons. The molecule has 2 rings (SSSR count). The van der Waals surface area contributed by atoms with Crippen LogP contribution in [0.4, 0.5) is 0 Å². The molecule has 2 aliphatic rings. The average molecular weight is 296 g/mol. The van der Waals surface area contributed by atoms with Crippen LogP contribution < -0.4 is 5.32 Å². The molecule has 0 bridgehead atoms. The molecule has 1 amide bonds. The highest BCUT2D eigenvalue weighted by Crippen LogP contribution is 2.29. The van der Waals surface area contributed by atoms with E-state index in [2.05, 4.69) is 5.32 Å². The fourth-order valence-corrected chi connectivity index (χ4v) is 3.52. The van der Waals surface area contributed by atoms with Crippen LogP contribution in [0, 0.1) is 11.3 Å². The Kier molecular flexibility index (Phi) is 5.62. The minimum Gasteiger partial charge on any atom is -0.481 e. The first kappa shape index (κ1) is 16.3. The van der Waals surface area contributed by atoms with Crippen LogP contribution in [-0.2, 0) is 9.59 Å². The van der Waals surface area contributed by atoms with Gasteiger partial charge in [-0.05, 0) is 32.2 Å². The SMILES string of the molecule is CC1(C(=O)O)CCN(CC(=O)NCCC2CCCCC2)C1. The minimum atomic E-state index is -0.761. The van der Waals surface area contributed by atoms with Crippen molar-refractivity contribution in [3.8, 4) is 0 Å². The molecule has 0 spiro atoms. The Balaban J connectivity index is 1.62. The van der Waals surface area contributed by atoms with Crippen LogP contribution in [0.25, 0.3) is 0 Å². The van der Waals surface area contributed by atoms with E-state index in [1.54, 1.807) is 6.92 Å². The predicted octanol–water partition coefficient (Wildman–Crippen LogP) is 1.87. The summed E-state index contributed by atoms with van der Waals surface area (Å²) >= 11 is 0. The Labute approximate surface area is 127 Å². The maximum Gasteiger partial charge on any atom is 0.310 e. The van der Waals surface area contributed by atoms with Gasteiger partial charge in [0.15, 0.2) is 0 Å². The van der Waals surface area contributed by atoms with Crippen LogP contribution in [0.15, 0.2) is 0 Å². The lowest BCUT2D eigenvalue weighted by Crippen LogP contribution is -2.39. The van der Waals surface area contributed by atoms with Crippen LogP contribution in [0.5, 0.6) is 0 Å². The second-order valence-corrected chi connectivity index (χ2v) is 6.97. The molecule has 2 fully saturated rings. The number of hydrogen-bond acceptors (Lipinski definition) is 3. The first-order valence-corrected chi connectivity index (χ1v) is 8.22. The van der Waals surface area contributed by atoms with Crippen molar-refractivity contribution in [3.63, 3.8) is 0 Å². The van der Waals surface area contributed by atoms with Gasteiger partial charge in [0.05, 0.1) is 12.0 Å². The number of nitrogens with one attached hydrogen (secondary N) is 1. The highest BCUT2D eigenvalue weighted by molar-refractivity contribution is 5.79. The van der Waals surface area contributed by atoms with E-state index in [1.165, 1.54) is 32.1 Å². The largest absolute Gasteiger partial charge is 0.481 e. The molecule has 1 saturated carbocycles. The third-order valence-electron chi connectivity index (χ3n) is 5.04. The minimum absolute atomic E-state index is 0.0282. The summed E-state index contributed by atoms with van der Waals surface area (Å²) in [5.41, 5.74) is -0.692.